The summed E-state index contributed by atoms with van der Waals surface area (Å²) >= 11 is 3.74. The average Bonchev–Trinajstić information content (AvgIpc) is 3.87. The lowest BCUT2D eigenvalue weighted by Crippen LogP contribution is -2.10. The van der Waals surface area contributed by atoms with Gasteiger partial charge in [-0.3, -0.25) is 0 Å². The van der Waals surface area contributed by atoms with Crippen LogP contribution in [0.5, 0.6) is 0 Å². The summed E-state index contributed by atoms with van der Waals surface area (Å²) in [6.07, 6.45) is 0. The molecule has 0 N–H and O–H groups in total. The van der Waals surface area contributed by atoms with Gasteiger partial charge in [0.25, 0.3) is 0 Å². The van der Waals surface area contributed by atoms with E-state index in [2.05, 4.69) is 169 Å². The van der Waals surface area contributed by atoms with E-state index in [1.54, 1.807) is 0 Å². The molecule has 0 aliphatic carbocycles. The number of fused-ring (bicyclic) bond motifs is 12. The zero-order valence-electron chi connectivity index (χ0n) is 26.8. The summed E-state index contributed by atoms with van der Waals surface area (Å²) in [5, 5.41) is 9.80. The molecule has 0 unspecified atom stereocenters. The molecule has 2 nitrogen and oxygen atoms in total. The first-order valence-corrected chi connectivity index (χ1v) is 18.5. The standard InChI is InChI=1S/C46H27NOS2/c1-2-10-28(11-3-1)29-20-23-31(24-21-29)47(37-17-8-15-34-33-14-6-7-19-40(33)49-45(34)37)38-18-9-16-36-43-41(50-46(36)38)27-26-39-42(43)35-25-22-30-12-4-5-13-32(30)44(35)48-39/h1-27H. The van der Waals surface area contributed by atoms with Crippen LogP contribution < -0.4 is 4.90 Å². The minimum absolute atomic E-state index is 0.928. The van der Waals surface area contributed by atoms with Crippen LogP contribution in [0.3, 0.4) is 0 Å². The summed E-state index contributed by atoms with van der Waals surface area (Å²) in [6, 6.07) is 59.3. The van der Waals surface area contributed by atoms with Crippen molar-refractivity contribution in [1.82, 2.24) is 0 Å². The smallest absolute Gasteiger partial charge is 0.143 e. The number of hydrogen-bond acceptors (Lipinski definition) is 4. The van der Waals surface area contributed by atoms with Crippen LogP contribution in [0.15, 0.2) is 168 Å². The molecule has 4 heteroatoms. The van der Waals surface area contributed by atoms with Crippen molar-refractivity contribution in [2.24, 2.45) is 0 Å². The maximum absolute atomic E-state index is 6.63. The van der Waals surface area contributed by atoms with Crippen molar-refractivity contribution in [2.75, 3.05) is 4.90 Å². The van der Waals surface area contributed by atoms with E-state index in [0.717, 1.165) is 27.6 Å². The van der Waals surface area contributed by atoms with Crippen molar-refractivity contribution in [3.8, 4) is 11.1 Å². The van der Waals surface area contributed by atoms with Gasteiger partial charge >= 0.3 is 0 Å². The summed E-state index contributed by atoms with van der Waals surface area (Å²) in [5.41, 5.74) is 7.79. The Hall–Kier alpha value is -5.94. The maximum atomic E-state index is 6.63. The van der Waals surface area contributed by atoms with Gasteiger partial charge in [0.15, 0.2) is 0 Å². The van der Waals surface area contributed by atoms with Crippen molar-refractivity contribution < 1.29 is 4.42 Å². The lowest BCUT2D eigenvalue weighted by atomic mass is 10.0. The van der Waals surface area contributed by atoms with E-state index < -0.39 is 0 Å². The van der Waals surface area contributed by atoms with Gasteiger partial charge < -0.3 is 9.32 Å². The summed E-state index contributed by atoms with van der Waals surface area (Å²) in [4.78, 5) is 2.47. The van der Waals surface area contributed by atoms with Crippen LogP contribution in [-0.4, -0.2) is 0 Å². The highest BCUT2D eigenvalue weighted by molar-refractivity contribution is 7.27. The maximum Gasteiger partial charge on any atom is 0.143 e. The topological polar surface area (TPSA) is 16.4 Å². The summed E-state index contributed by atoms with van der Waals surface area (Å²) in [7, 11) is 0. The van der Waals surface area contributed by atoms with Gasteiger partial charge in [0.05, 0.1) is 20.8 Å². The third kappa shape index (κ3) is 4.07. The number of rotatable bonds is 4. The molecule has 0 aliphatic heterocycles. The highest BCUT2D eigenvalue weighted by atomic mass is 32.1. The van der Waals surface area contributed by atoms with Crippen molar-refractivity contribution in [2.45, 2.75) is 0 Å². The van der Waals surface area contributed by atoms with E-state index >= 15 is 0 Å². The van der Waals surface area contributed by atoms with Gasteiger partial charge in [-0.05, 0) is 65.0 Å². The lowest BCUT2D eigenvalue weighted by Gasteiger charge is -2.27. The molecule has 0 spiro atoms. The number of nitrogens with zero attached hydrogens (tertiary/aromatic N) is 1. The molecule has 11 rings (SSSR count). The quantitative estimate of drug-likeness (QED) is 0.185. The van der Waals surface area contributed by atoms with E-state index in [1.165, 1.54) is 73.6 Å². The first-order chi connectivity index (χ1) is 24.8. The fourth-order valence-electron chi connectivity index (χ4n) is 7.79. The van der Waals surface area contributed by atoms with Crippen LogP contribution in [0.4, 0.5) is 17.1 Å². The minimum atomic E-state index is 0.928. The van der Waals surface area contributed by atoms with Crippen molar-refractivity contribution in [1.29, 1.82) is 0 Å². The zero-order chi connectivity index (χ0) is 32.8. The van der Waals surface area contributed by atoms with E-state index in [1.807, 2.05) is 22.7 Å². The molecule has 11 aromatic rings. The highest BCUT2D eigenvalue weighted by Gasteiger charge is 2.23. The van der Waals surface area contributed by atoms with Crippen LogP contribution in [0.1, 0.15) is 0 Å². The first kappa shape index (κ1) is 28.0. The molecule has 0 saturated carbocycles. The number of furan rings is 1. The van der Waals surface area contributed by atoms with Crippen LogP contribution in [0.2, 0.25) is 0 Å². The van der Waals surface area contributed by atoms with Gasteiger partial charge in [-0.1, -0.05) is 115 Å². The number of anilines is 3. The summed E-state index contributed by atoms with van der Waals surface area (Å²) < 4.78 is 11.7. The normalized spacial score (nSPS) is 12.0. The first-order valence-electron chi connectivity index (χ1n) is 16.8. The van der Waals surface area contributed by atoms with Crippen molar-refractivity contribution in [3.63, 3.8) is 0 Å². The molecule has 0 aliphatic rings. The second-order valence-corrected chi connectivity index (χ2v) is 14.9. The van der Waals surface area contributed by atoms with E-state index in [9.17, 15) is 0 Å². The fourth-order valence-corrected chi connectivity index (χ4v) is 10.2. The van der Waals surface area contributed by atoms with Crippen LogP contribution in [0.25, 0.3) is 84.2 Å². The molecular formula is C46H27NOS2. The monoisotopic (exact) mass is 673 g/mol. The Balaban J connectivity index is 1.20. The fraction of sp³-hybridized carbons (Fsp3) is 0. The van der Waals surface area contributed by atoms with Gasteiger partial charge in [0, 0.05) is 52.8 Å². The predicted molar refractivity (Wildman–Crippen MR) is 217 cm³/mol. The molecule has 3 aromatic heterocycles. The van der Waals surface area contributed by atoms with E-state index in [-0.39, 0.29) is 0 Å². The number of thiophene rings is 2. The average molecular weight is 674 g/mol. The highest BCUT2D eigenvalue weighted by Crippen LogP contribution is 2.51. The minimum Gasteiger partial charge on any atom is -0.455 e. The van der Waals surface area contributed by atoms with Gasteiger partial charge in [-0.25, -0.2) is 0 Å². The molecule has 234 valence electrons. The molecule has 3 heterocycles. The van der Waals surface area contributed by atoms with Gasteiger partial charge in [-0.15, -0.1) is 22.7 Å². The Kier molecular flexibility index (Phi) is 6.03. The van der Waals surface area contributed by atoms with Gasteiger partial charge in [0.2, 0.25) is 0 Å². The SMILES string of the molecule is c1ccc(-c2ccc(N(c3cccc4c3sc3ccccc34)c3cccc4c3sc3ccc5oc6c7ccccc7ccc6c5c34)cc2)cc1. The largest absolute Gasteiger partial charge is 0.455 e. The molecule has 0 atom stereocenters. The van der Waals surface area contributed by atoms with Crippen molar-refractivity contribution in [3.05, 3.63) is 164 Å². The Morgan fingerprint density at radius 2 is 1.06 bits per heavy atom. The van der Waals surface area contributed by atoms with Crippen LogP contribution in [-0.2, 0) is 0 Å². The van der Waals surface area contributed by atoms with E-state index in [4.69, 9.17) is 4.42 Å². The summed E-state index contributed by atoms with van der Waals surface area (Å²) in [6.45, 7) is 0. The predicted octanol–water partition coefficient (Wildman–Crippen LogP) is 14.6. The Bertz CT molecular complexity index is 3090. The number of hydrogen-bond donors (Lipinski definition) is 0. The molecule has 0 bridgehead atoms. The Morgan fingerprint density at radius 3 is 1.90 bits per heavy atom. The Morgan fingerprint density at radius 1 is 0.400 bits per heavy atom. The second kappa shape index (κ2) is 10.8. The summed E-state index contributed by atoms with van der Waals surface area (Å²) in [5.74, 6) is 0. The zero-order valence-corrected chi connectivity index (χ0v) is 28.4. The van der Waals surface area contributed by atoms with E-state index in [0.29, 0.717) is 0 Å². The lowest BCUT2D eigenvalue weighted by molar-refractivity contribution is 0.673. The van der Waals surface area contributed by atoms with Crippen molar-refractivity contribution >= 4 is 113 Å². The molecule has 0 saturated heterocycles. The third-order valence-electron chi connectivity index (χ3n) is 10.1. The van der Waals surface area contributed by atoms with Crippen LogP contribution >= 0.6 is 22.7 Å². The molecular weight excluding hydrogens is 647 g/mol. The Labute approximate surface area is 295 Å². The number of benzene rings is 8. The molecule has 0 radical (unpaired) electrons. The molecule has 8 aromatic carbocycles. The second-order valence-electron chi connectivity index (χ2n) is 12.8. The van der Waals surface area contributed by atoms with Gasteiger partial charge in [-0.2, -0.15) is 0 Å². The van der Waals surface area contributed by atoms with Crippen LogP contribution in [0, 0.1) is 0 Å². The third-order valence-corrected chi connectivity index (χ3v) is 12.5. The molecule has 50 heavy (non-hydrogen) atoms. The van der Waals surface area contributed by atoms with Gasteiger partial charge in [0.1, 0.15) is 11.2 Å². The molecule has 0 fully saturated rings. The molecule has 0 amide bonds.